The van der Waals surface area contributed by atoms with Crippen molar-refractivity contribution in [3.63, 3.8) is 0 Å². The van der Waals surface area contributed by atoms with Gasteiger partial charge in [0.1, 0.15) is 0 Å². The predicted molar refractivity (Wildman–Crippen MR) is 15.9 cm³/mol. The van der Waals surface area contributed by atoms with Crippen molar-refractivity contribution in [2.75, 3.05) is 6.51 Å². The van der Waals surface area contributed by atoms with Crippen LogP contribution in [0.15, 0.2) is 0 Å². The molecule has 0 aromatic carbocycles. The maximum absolute atomic E-state index is 4.42. The van der Waals surface area contributed by atoms with Crippen LogP contribution in [0.1, 0.15) is 0 Å². The summed E-state index contributed by atoms with van der Waals surface area (Å²) in [5, 5.41) is 0. The molecule has 5 heavy (non-hydrogen) atoms. The van der Waals surface area contributed by atoms with Crippen molar-refractivity contribution in [2.24, 2.45) is 0 Å². The molecule has 0 amide bonds. The quantitative estimate of drug-likeness (QED) is 0.373. The van der Waals surface area contributed by atoms with Crippen LogP contribution in [0.25, 0.3) is 0 Å². The van der Waals surface area contributed by atoms with Crippen LogP contribution in [0.5, 0.6) is 0 Å². The minimum atomic E-state index is 0.542. The summed E-state index contributed by atoms with van der Waals surface area (Å²) in [5.41, 5.74) is 2.17. The zero-order valence-electron chi connectivity index (χ0n) is 2.60. The average molecular weight is 71.9 g/mol. The third-order valence-electron chi connectivity index (χ3n) is 0.342. The highest BCUT2D eigenvalue weighted by Gasteiger charge is 1.98. The Labute approximate surface area is 30.4 Å². The minimum absolute atomic E-state index is 0.542. The molecule has 0 aromatic heterocycles. The summed E-state index contributed by atoms with van der Waals surface area (Å²) < 4.78 is 4.35. The largest absolute Gasteiger partial charge is 0.357 e. The van der Waals surface area contributed by atoms with Gasteiger partial charge in [0.15, 0.2) is 0 Å². The first-order valence-corrected chi connectivity index (χ1v) is 1.34. The normalized spacial score (nSPS) is 22.4. The van der Waals surface area contributed by atoms with E-state index in [1.54, 1.807) is 0 Å². The van der Waals surface area contributed by atoms with Crippen LogP contribution in [0.2, 0.25) is 0 Å². The topological polar surface area (TPSA) is 30.5 Å². The maximum Gasteiger partial charge on any atom is 0.357 e. The van der Waals surface area contributed by atoms with E-state index < -0.39 is 0 Å². The lowest BCUT2D eigenvalue weighted by Gasteiger charge is -1.81. The van der Waals surface area contributed by atoms with Gasteiger partial charge < -0.3 is 4.76 Å². The molecular formula is CH3BNO2. The molecule has 0 bridgehead atoms. The smallest absolute Gasteiger partial charge is 0.345 e. The van der Waals surface area contributed by atoms with Gasteiger partial charge in [-0.15, -0.1) is 0 Å². The minimum Gasteiger partial charge on any atom is -0.345 e. The first kappa shape index (κ1) is 3.15. The van der Waals surface area contributed by atoms with E-state index in [9.17, 15) is 0 Å². The van der Waals surface area contributed by atoms with Crippen LogP contribution < -0.4 is 5.64 Å². The van der Waals surface area contributed by atoms with Gasteiger partial charge in [0.25, 0.3) is 0 Å². The Hall–Kier alpha value is -0.0551. The highest BCUT2D eigenvalue weighted by molar-refractivity contribution is 6.27. The fourth-order valence-corrected chi connectivity index (χ4v) is 0.170. The standard InChI is InChI=1S/CH3BNO2/c1-2-5-3-4-1/h3H,1H2. The summed E-state index contributed by atoms with van der Waals surface area (Å²) in [4.78, 5) is 4.42. The second kappa shape index (κ2) is 1.40. The Morgan fingerprint density at radius 2 is 2.80 bits per heavy atom. The van der Waals surface area contributed by atoms with Gasteiger partial charge in [-0.05, 0) is 0 Å². The Balaban J connectivity index is 2.08. The van der Waals surface area contributed by atoms with Crippen molar-refractivity contribution in [1.29, 1.82) is 0 Å². The van der Waals surface area contributed by atoms with Crippen LogP contribution in [-0.2, 0) is 9.59 Å². The molecule has 1 heterocycles. The molecule has 0 spiro atoms. The van der Waals surface area contributed by atoms with Crippen LogP contribution in [-0.4, -0.2) is 14.0 Å². The van der Waals surface area contributed by atoms with Gasteiger partial charge in [-0.3, -0.25) is 4.84 Å². The first-order valence-electron chi connectivity index (χ1n) is 1.34. The molecule has 0 unspecified atom stereocenters. The van der Waals surface area contributed by atoms with Gasteiger partial charge in [-0.25, -0.2) is 0 Å². The van der Waals surface area contributed by atoms with E-state index in [2.05, 4.69) is 15.2 Å². The molecule has 3 nitrogen and oxygen atoms in total. The number of rotatable bonds is 0. The Kier molecular flexibility index (Phi) is 0.881. The lowest BCUT2D eigenvalue weighted by atomic mass is 10.1. The molecule has 1 fully saturated rings. The summed E-state index contributed by atoms with van der Waals surface area (Å²) >= 11 is 0. The summed E-state index contributed by atoms with van der Waals surface area (Å²) in [7, 11) is 1.53. The van der Waals surface area contributed by atoms with Crippen LogP contribution >= 0.6 is 0 Å². The van der Waals surface area contributed by atoms with E-state index in [0.717, 1.165) is 0 Å². The van der Waals surface area contributed by atoms with E-state index in [1.165, 1.54) is 7.48 Å². The molecule has 1 aliphatic rings. The van der Waals surface area contributed by atoms with Crippen molar-refractivity contribution >= 4 is 7.48 Å². The van der Waals surface area contributed by atoms with Crippen LogP contribution in [0.3, 0.4) is 0 Å². The Morgan fingerprint density at radius 3 is 3.00 bits per heavy atom. The summed E-state index contributed by atoms with van der Waals surface area (Å²) in [5.74, 6) is 0. The van der Waals surface area contributed by atoms with Crippen molar-refractivity contribution in [1.82, 2.24) is 5.64 Å². The molecule has 0 saturated carbocycles. The average Bonchev–Trinajstić information content (AvgIpc) is 1.76. The van der Waals surface area contributed by atoms with E-state index >= 15 is 0 Å². The zero-order chi connectivity index (χ0) is 3.54. The second-order valence-corrected chi connectivity index (χ2v) is 0.679. The Bertz CT molecular complexity index is 21.2. The zero-order valence-corrected chi connectivity index (χ0v) is 2.60. The molecule has 1 saturated heterocycles. The third-order valence-corrected chi connectivity index (χ3v) is 0.342. The molecule has 1 aliphatic heterocycles. The predicted octanol–water partition coefficient (Wildman–Crippen LogP) is -0.971. The van der Waals surface area contributed by atoms with Gasteiger partial charge >= 0.3 is 7.48 Å². The Morgan fingerprint density at radius 1 is 1.80 bits per heavy atom. The second-order valence-electron chi connectivity index (χ2n) is 0.679. The van der Waals surface area contributed by atoms with E-state index in [0.29, 0.717) is 6.51 Å². The fourth-order valence-electron chi connectivity index (χ4n) is 0.170. The first-order chi connectivity index (χ1) is 2.50. The number of hydrogen-bond donors (Lipinski definition) is 1. The van der Waals surface area contributed by atoms with Crippen molar-refractivity contribution in [3.05, 3.63) is 0 Å². The monoisotopic (exact) mass is 72.0 g/mol. The molecular weight excluding hydrogens is 68.8 g/mol. The lowest BCUT2D eigenvalue weighted by molar-refractivity contribution is -0.0449. The van der Waals surface area contributed by atoms with Crippen molar-refractivity contribution in [2.45, 2.75) is 0 Å². The number of hydrogen-bond acceptors (Lipinski definition) is 3. The molecule has 4 heteroatoms. The van der Waals surface area contributed by atoms with Gasteiger partial charge in [0.2, 0.25) is 0 Å². The lowest BCUT2D eigenvalue weighted by Crippen LogP contribution is -2.00. The molecule has 0 aromatic rings. The van der Waals surface area contributed by atoms with Gasteiger partial charge in [0, 0.05) is 0 Å². The van der Waals surface area contributed by atoms with Crippen LogP contribution in [0, 0.1) is 0 Å². The molecule has 27 valence electrons. The van der Waals surface area contributed by atoms with Gasteiger partial charge in [0.05, 0.1) is 6.51 Å². The summed E-state index contributed by atoms with van der Waals surface area (Å²) in [6, 6.07) is 0. The van der Waals surface area contributed by atoms with Crippen molar-refractivity contribution in [3.8, 4) is 0 Å². The molecule has 0 aliphatic carbocycles. The van der Waals surface area contributed by atoms with E-state index in [1.807, 2.05) is 0 Å². The van der Waals surface area contributed by atoms with E-state index in [-0.39, 0.29) is 0 Å². The molecule has 0 atom stereocenters. The van der Waals surface area contributed by atoms with E-state index in [4.69, 9.17) is 0 Å². The van der Waals surface area contributed by atoms with Gasteiger partial charge in [-0.2, -0.15) is 0 Å². The SMILES string of the molecule is [B]1CONO1. The number of nitrogens with one attached hydrogen (secondary N) is 1. The molecule has 1 N–H and O–H groups in total. The molecule has 1 rings (SSSR count). The molecule has 1 radical (unpaired) electrons. The highest BCUT2D eigenvalue weighted by Crippen LogP contribution is 1.73. The van der Waals surface area contributed by atoms with Crippen molar-refractivity contribution < 1.29 is 9.59 Å². The summed E-state index contributed by atoms with van der Waals surface area (Å²) in [6.45, 7) is 0.542. The third kappa shape index (κ3) is 0.610. The van der Waals surface area contributed by atoms with Gasteiger partial charge in [-0.1, -0.05) is 5.64 Å². The maximum atomic E-state index is 4.42. The summed E-state index contributed by atoms with van der Waals surface area (Å²) in [6.07, 6.45) is 0. The van der Waals surface area contributed by atoms with Crippen LogP contribution in [0.4, 0.5) is 0 Å². The fraction of sp³-hybridized carbons (Fsp3) is 1.00. The highest BCUT2D eigenvalue weighted by atomic mass is 16.9.